The molecule has 0 bridgehead atoms. The zero-order chi connectivity index (χ0) is 16.2. The second-order valence-corrected chi connectivity index (χ2v) is 5.94. The van der Waals surface area contributed by atoms with E-state index in [1.165, 1.54) is 24.3 Å². The van der Waals surface area contributed by atoms with Crippen LogP contribution >= 0.6 is 0 Å². The Bertz CT molecular complexity index is 806. The number of benzene rings is 2. The second-order valence-electron chi connectivity index (χ2n) is 4.33. The number of rotatable bonds is 4. The quantitative estimate of drug-likeness (QED) is 0.574. The highest BCUT2D eigenvalue weighted by Gasteiger charge is 2.12. The van der Waals surface area contributed by atoms with Gasteiger partial charge in [0.05, 0.1) is 10.6 Å². The van der Waals surface area contributed by atoms with Crippen LogP contribution in [0.4, 0.5) is 5.69 Å². The summed E-state index contributed by atoms with van der Waals surface area (Å²) in [7, 11) is -3.89. The number of hydrogen-bond donors (Lipinski definition) is 3. The Hall–Kier alpha value is -2.87. The average Bonchev–Trinajstić information content (AvgIpc) is 2.46. The molecule has 114 valence electrons. The molecule has 0 aliphatic carbocycles. The van der Waals surface area contributed by atoms with Gasteiger partial charge in [0.2, 0.25) is 5.96 Å². The Morgan fingerprint density at radius 2 is 1.59 bits per heavy atom. The molecule has 22 heavy (non-hydrogen) atoms. The van der Waals surface area contributed by atoms with E-state index in [0.717, 1.165) is 5.56 Å². The molecular weight excluding hydrogens is 304 g/mol. The van der Waals surface area contributed by atoms with Crippen LogP contribution in [0.2, 0.25) is 0 Å². The molecule has 0 atom stereocenters. The first kappa shape index (κ1) is 15.5. The van der Waals surface area contributed by atoms with Gasteiger partial charge in [0.25, 0.3) is 10.0 Å². The van der Waals surface area contributed by atoms with Crippen molar-refractivity contribution >= 4 is 27.9 Å². The minimum atomic E-state index is -3.89. The van der Waals surface area contributed by atoms with Crippen molar-refractivity contribution in [1.82, 2.24) is 0 Å². The maximum atomic E-state index is 11.8. The number of nitrogens with zero attached hydrogens (tertiary/aromatic N) is 2. The summed E-state index contributed by atoms with van der Waals surface area (Å²) in [4.78, 5) is 4.18. The highest BCUT2D eigenvalue weighted by atomic mass is 32.2. The maximum absolute atomic E-state index is 11.8. The molecule has 0 saturated carbocycles. The van der Waals surface area contributed by atoms with Crippen LogP contribution in [-0.2, 0) is 10.0 Å². The molecule has 7 nitrogen and oxygen atoms in total. The van der Waals surface area contributed by atoms with Gasteiger partial charge < -0.3 is 16.6 Å². The third kappa shape index (κ3) is 4.06. The normalized spacial score (nSPS) is 11.5. The van der Waals surface area contributed by atoms with Gasteiger partial charge in [0.1, 0.15) is 5.75 Å². The van der Waals surface area contributed by atoms with Gasteiger partial charge in [-0.25, -0.2) is 0 Å². The van der Waals surface area contributed by atoms with Crippen LogP contribution in [0.5, 0.6) is 5.75 Å². The molecule has 0 fully saturated rings. The average molecular weight is 318 g/mol. The number of nitrogens with two attached hydrogens (primary N) is 2. The van der Waals surface area contributed by atoms with Crippen molar-refractivity contribution in [3.05, 3.63) is 54.1 Å². The first-order valence-corrected chi connectivity index (χ1v) is 7.60. The summed E-state index contributed by atoms with van der Waals surface area (Å²) in [5, 5.41) is 9.18. The number of aromatic hydroxyl groups is 1. The van der Waals surface area contributed by atoms with Crippen molar-refractivity contribution < 1.29 is 13.5 Å². The second kappa shape index (κ2) is 6.27. The lowest BCUT2D eigenvalue weighted by Gasteiger charge is -2.00. The predicted octanol–water partition coefficient (Wildman–Crippen LogP) is 1.10. The van der Waals surface area contributed by atoms with Crippen LogP contribution in [0, 0.1) is 0 Å². The lowest BCUT2D eigenvalue weighted by Crippen LogP contribution is -2.24. The number of sulfonamides is 1. The summed E-state index contributed by atoms with van der Waals surface area (Å²) in [6, 6.07) is 12.3. The SMILES string of the molecule is NC(N)=NS(=O)(=O)c1ccc(N=Cc2ccc(O)cc2)cc1. The number of phenols is 1. The molecule has 0 saturated heterocycles. The minimum Gasteiger partial charge on any atom is -0.508 e. The molecule has 0 unspecified atom stereocenters. The Morgan fingerprint density at radius 1 is 1.00 bits per heavy atom. The molecular formula is C14H14N4O3S. The lowest BCUT2D eigenvalue weighted by molar-refractivity contribution is 0.475. The van der Waals surface area contributed by atoms with Crippen molar-refractivity contribution in [3.63, 3.8) is 0 Å². The summed E-state index contributed by atoms with van der Waals surface area (Å²) in [6.45, 7) is 0. The van der Waals surface area contributed by atoms with E-state index < -0.39 is 16.0 Å². The fraction of sp³-hybridized carbons (Fsp3) is 0. The van der Waals surface area contributed by atoms with E-state index in [2.05, 4.69) is 9.39 Å². The van der Waals surface area contributed by atoms with Crippen LogP contribution in [0.25, 0.3) is 0 Å². The molecule has 2 aromatic carbocycles. The zero-order valence-corrected chi connectivity index (χ0v) is 12.2. The highest BCUT2D eigenvalue weighted by Crippen LogP contribution is 2.18. The predicted molar refractivity (Wildman–Crippen MR) is 84.8 cm³/mol. The van der Waals surface area contributed by atoms with Crippen LogP contribution in [0.15, 0.2) is 62.8 Å². The monoisotopic (exact) mass is 318 g/mol. The fourth-order valence-corrected chi connectivity index (χ4v) is 2.47. The smallest absolute Gasteiger partial charge is 0.285 e. The third-order valence-corrected chi connectivity index (χ3v) is 3.94. The Balaban J connectivity index is 2.19. The summed E-state index contributed by atoms with van der Waals surface area (Å²) in [5.41, 5.74) is 11.5. The van der Waals surface area contributed by atoms with Gasteiger partial charge in [-0.15, -0.1) is 4.40 Å². The number of guanidine groups is 1. The van der Waals surface area contributed by atoms with Gasteiger partial charge in [-0.05, 0) is 54.1 Å². The molecule has 0 aliphatic heterocycles. The van der Waals surface area contributed by atoms with Gasteiger partial charge in [0.15, 0.2) is 0 Å². The van der Waals surface area contributed by atoms with Crippen molar-refractivity contribution in [3.8, 4) is 5.75 Å². The van der Waals surface area contributed by atoms with E-state index in [-0.39, 0.29) is 10.6 Å². The van der Waals surface area contributed by atoms with Gasteiger partial charge >= 0.3 is 0 Å². The Kier molecular flexibility index (Phi) is 4.42. The van der Waals surface area contributed by atoms with Crippen molar-refractivity contribution in [1.29, 1.82) is 0 Å². The molecule has 8 heteroatoms. The van der Waals surface area contributed by atoms with E-state index in [4.69, 9.17) is 11.5 Å². The number of phenolic OH excluding ortho intramolecular Hbond substituents is 1. The highest BCUT2D eigenvalue weighted by molar-refractivity contribution is 7.90. The van der Waals surface area contributed by atoms with E-state index in [1.807, 2.05) is 0 Å². The molecule has 0 aliphatic rings. The number of aliphatic imine (C=N–C) groups is 1. The molecule has 0 radical (unpaired) electrons. The molecule has 0 aromatic heterocycles. The summed E-state index contributed by atoms with van der Waals surface area (Å²) in [6.07, 6.45) is 1.60. The van der Waals surface area contributed by atoms with Crippen LogP contribution in [0.3, 0.4) is 0 Å². The summed E-state index contributed by atoms with van der Waals surface area (Å²) >= 11 is 0. The topological polar surface area (TPSA) is 131 Å². The molecule has 0 amide bonds. The third-order valence-electron chi connectivity index (χ3n) is 2.62. The van der Waals surface area contributed by atoms with Crippen LogP contribution in [0.1, 0.15) is 5.56 Å². The van der Waals surface area contributed by atoms with Crippen molar-refractivity contribution in [2.45, 2.75) is 4.90 Å². The first-order valence-electron chi connectivity index (χ1n) is 6.16. The lowest BCUT2D eigenvalue weighted by atomic mass is 10.2. The van der Waals surface area contributed by atoms with Gasteiger partial charge in [-0.3, -0.25) is 4.99 Å². The van der Waals surface area contributed by atoms with Crippen molar-refractivity contribution in [2.75, 3.05) is 0 Å². The molecule has 2 aromatic rings. The first-order chi connectivity index (χ1) is 10.4. The van der Waals surface area contributed by atoms with Crippen molar-refractivity contribution in [2.24, 2.45) is 20.9 Å². The summed E-state index contributed by atoms with van der Waals surface area (Å²) in [5.74, 6) is -0.346. The molecule has 0 heterocycles. The fourth-order valence-electron chi connectivity index (χ4n) is 1.61. The summed E-state index contributed by atoms with van der Waals surface area (Å²) < 4.78 is 26.7. The van der Waals surface area contributed by atoms with E-state index >= 15 is 0 Å². The Morgan fingerprint density at radius 3 is 2.14 bits per heavy atom. The van der Waals surface area contributed by atoms with E-state index in [9.17, 15) is 13.5 Å². The van der Waals surface area contributed by atoms with Gasteiger partial charge in [0, 0.05) is 6.21 Å². The van der Waals surface area contributed by atoms with E-state index in [0.29, 0.717) is 5.69 Å². The van der Waals surface area contributed by atoms with Gasteiger partial charge in [-0.1, -0.05) is 0 Å². The Labute approximate surface area is 127 Å². The number of hydrogen-bond acceptors (Lipinski definition) is 4. The molecule has 2 rings (SSSR count). The minimum absolute atomic E-state index is 0.0236. The molecule has 5 N–H and O–H groups in total. The van der Waals surface area contributed by atoms with Crippen LogP contribution < -0.4 is 11.5 Å². The zero-order valence-electron chi connectivity index (χ0n) is 11.4. The molecule has 0 spiro atoms. The van der Waals surface area contributed by atoms with Gasteiger partial charge in [-0.2, -0.15) is 8.42 Å². The van der Waals surface area contributed by atoms with Crippen LogP contribution in [-0.4, -0.2) is 25.7 Å². The largest absolute Gasteiger partial charge is 0.508 e. The standard InChI is InChI=1S/C14H14N4O3S/c15-14(16)18-22(20,21)13-7-3-11(4-8-13)17-9-10-1-5-12(19)6-2-10/h1-9,19H,(H4,15,16,18). The van der Waals surface area contributed by atoms with E-state index in [1.54, 1.807) is 30.5 Å². The maximum Gasteiger partial charge on any atom is 0.285 e.